The number of thiocarbonyl (C=S) groups is 1. The van der Waals surface area contributed by atoms with Gasteiger partial charge in [-0.15, -0.1) is 0 Å². The van der Waals surface area contributed by atoms with Gasteiger partial charge in [0.15, 0.2) is 5.11 Å². The van der Waals surface area contributed by atoms with Crippen molar-refractivity contribution in [3.05, 3.63) is 29.3 Å². The molecule has 0 fully saturated rings. The molecule has 0 amide bonds. The molecule has 0 bridgehead atoms. The van der Waals surface area contributed by atoms with Crippen LogP contribution < -0.4 is 10.6 Å². The van der Waals surface area contributed by atoms with Gasteiger partial charge in [-0.1, -0.05) is 66.2 Å². The maximum atomic E-state index is 5.63. The summed E-state index contributed by atoms with van der Waals surface area (Å²) < 4.78 is 0. The Balaban J connectivity index is 3.05. The fourth-order valence-electron chi connectivity index (χ4n) is 2.99. The van der Waals surface area contributed by atoms with E-state index in [0.29, 0.717) is 11.8 Å². The maximum Gasteiger partial charge on any atom is 0.171 e. The minimum Gasteiger partial charge on any atom is -0.357 e. The van der Waals surface area contributed by atoms with Crippen LogP contribution >= 0.6 is 12.2 Å². The van der Waals surface area contributed by atoms with Gasteiger partial charge in [-0.25, -0.2) is 0 Å². The molecule has 0 aliphatic carbocycles. The Labute approximate surface area is 148 Å². The molecule has 1 rings (SSSR count). The predicted octanol–water partition coefficient (Wildman–Crippen LogP) is 6.19. The number of rotatable bonds is 7. The number of hydrogen-bond donors (Lipinski definition) is 2. The fourth-order valence-corrected chi connectivity index (χ4v) is 3.34. The average Bonchev–Trinajstić information content (AvgIpc) is 2.46. The summed E-state index contributed by atoms with van der Waals surface area (Å²) in [7, 11) is 0. The Morgan fingerprint density at radius 2 is 1.61 bits per heavy atom. The molecule has 1 aromatic rings. The van der Waals surface area contributed by atoms with E-state index in [1.807, 2.05) is 0 Å². The molecule has 23 heavy (non-hydrogen) atoms. The summed E-state index contributed by atoms with van der Waals surface area (Å²) in [5.41, 5.74) is 3.90. The number of anilines is 1. The first-order valence-corrected chi connectivity index (χ1v) is 9.36. The van der Waals surface area contributed by atoms with Crippen molar-refractivity contribution in [3.8, 4) is 0 Å². The third kappa shape index (κ3) is 5.49. The summed E-state index contributed by atoms with van der Waals surface area (Å²) in [6.45, 7) is 15.6. The van der Waals surface area contributed by atoms with E-state index in [4.69, 9.17) is 12.2 Å². The summed E-state index contributed by atoms with van der Waals surface area (Å²) in [4.78, 5) is 0. The van der Waals surface area contributed by atoms with Crippen LogP contribution in [0, 0.1) is 0 Å². The Kier molecular flexibility index (Phi) is 7.53. The van der Waals surface area contributed by atoms with Crippen LogP contribution in [0.3, 0.4) is 0 Å². The SMILES string of the molecule is CCCC(C)(CC)NC(=S)Nc1c(C(C)C)cccc1C(C)C. The quantitative estimate of drug-likeness (QED) is 0.581. The first-order chi connectivity index (χ1) is 10.7. The van der Waals surface area contributed by atoms with Crippen LogP contribution in [-0.2, 0) is 0 Å². The molecular weight excluding hydrogens is 300 g/mol. The highest BCUT2D eigenvalue weighted by atomic mass is 32.1. The van der Waals surface area contributed by atoms with Crippen molar-refractivity contribution in [2.45, 2.75) is 85.1 Å². The average molecular weight is 335 g/mol. The monoisotopic (exact) mass is 334 g/mol. The second-order valence-corrected chi connectivity index (χ2v) is 7.77. The van der Waals surface area contributed by atoms with Crippen LogP contribution in [-0.4, -0.2) is 10.7 Å². The zero-order chi connectivity index (χ0) is 17.6. The molecule has 1 aromatic carbocycles. The van der Waals surface area contributed by atoms with Crippen molar-refractivity contribution in [2.24, 2.45) is 0 Å². The Morgan fingerprint density at radius 3 is 2.00 bits per heavy atom. The normalized spacial score (nSPS) is 14.0. The minimum atomic E-state index is 0.0591. The summed E-state index contributed by atoms with van der Waals surface area (Å²) >= 11 is 5.63. The third-order valence-electron chi connectivity index (χ3n) is 4.61. The second-order valence-electron chi connectivity index (χ2n) is 7.36. The van der Waals surface area contributed by atoms with Crippen molar-refractivity contribution >= 4 is 23.0 Å². The van der Waals surface area contributed by atoms with Gasteiger partial charge in [0.05, 0.1) is 0 Å². The van der Waals surface area contributed by atoms with Gasteiger partial charge in [-0.05, 0) is 54.9 Å². The Morgan fingerprint density at radius 1 is 1.09 bits per heavy atom. The number of para-hydroxylation sites is 1. The van der Waals surface area contributed by atoms with E-state index < -0.39 is 0 Å². The lowest BCUT2D eigenvalue weighted by Crippen LogP contribution is -2.47. The van der Waals surface area contributed by atoms with Gasteiger partial charge in [-0.3, -0.25) is 0 Å². The molecule has 0 saturated carbocycles. The lowest BCUT2D eigenvalue weighted by molar-refractivity contribution is 0.371. The molecular formula is C20H34N2S. The van der Waals surface area contributed by atoms with Gasteiger partial charge in [-0.2, -0.15) is 0 Å². The zero-order valence-corrected chi connectivity index (χ0v) is 16.7. The number of benzene rings is 1. The Hall–Kier alpha value is -1.09. The van der Waals surface area contributed by atoms with Gasteiger partial charge < -0.3 is 10.6 Å². The van der Waals surface area contributed by atoms with Crippen molar-refractivity contribution in [3.63, 3.8) is 0 Å². The van der Waals surface area contributed by atoms with Gasteiger partial charge in [0.2, 0.25) is 0 Å². The molecule has 0 aliphatic rings. The fraction of sp³-hybridized carbons (Fsp3) is 0.650. The highest BCUT2D eigenvalue weighted by molar-refractivity contribution is 7.80. The van der Waals surface area contributed by atoms with Crippen molar-refractivity contribution in [2.75, 3.05) is 5.32 Å². The zero-order valence-electron chi connectivity index (χ0n) is 15.9. The van der Waals surface area contributed by atoms with Gasteiger partial charge in [0.1, 0.15) is 0 Å². The van der Waals surface area contributed by atoms with Crippen LogP contribution in [0.4, 0.5) is 5.69 Å². The molecule has 1 atom stereocenters. The number of hydrogen-bond acceptors (Lipinski definition) is 1. The lowest BCUT2D eigenvalue weighted by Gasteiger charge is -2.32. The van der Waals surface area contributed by atoms with Gasteiger partial charge in [0.25, 0.3) is 0 Å². The molecule has 2 N–H and O–H groups in total. The van der Waals surface area contributed by atoms with E-state index in [0.717, 1.165) is 24.4 Å². The van der Waals surface area contributed by atoms with Crippen LogP contribution in [0.5, 0.6) is 0 Å². The second kappa shape index (κ2) is 8.68. The van der Waals surface area contributed by atoms with E-state index in [1.54, 1.807) is 0 Å². The van der Waals surface area contributed by atoms with E-state index in [1.165, 1.54) is 16.8 Å². The smallest absolute Gasteiger partial charge is 0.171 e. The molecule has 0 heterocycles. The van der Waals surface area contributed by atoms with Crippen molar-refractivity contribution in [1.29, 1.82) is 0 Å². The lowest BCUT2D eigenvalue weighted by atomic mass is 9.92. The molecule has 0 aliphatic heterocycles. The van der Waals surface area contributed by atoms with Gasteiger partial charge >= 0.3 is 0 Å². The van der Waals surface area contributed by atoms with Crippen molar-refractivity contribution < 1.29 is 0 Å². The number of nitrogens with one attached hydrogen (secondary N) is 2. The third-order valence-corrected chi connectivity index (χ3v) is 4.81. The molecule has 0 aromatic heterocycles. The first-order valence-electron chi connectivity index (χ1n) is 8.96. The Bertz CT molecular complexity index is 496. The summed E-state index contributed by atoms with van der Waals surface area (Å²) in [5, 5.41) is 7.79. The molecule has 3 heteroatoms. The van der Waals surface area contributed by atoms with E-state index >= 15 is 0 Å². The summed E-state index contributed by atoms with van der Waals surface area (Å²) in [6.07, 6.45) is 3.33. The highest BCUT2D eigenvalue weighted by Gasteiger charge is 2.22. The van der Waals surface area contributed by atoms with Gasteiger partial charge in [0, 0.05) is 11.2 Å². The molecule has 1 unspecified atom stereocenters. The molecule has 130 valence electrons. The van der Waals surface area contributed by atoms with Crippen LogP contribution in [0.2, 0.25) is 0 Å². The molecule has 0 saturated heterocycles. The van der Waals surface area contributed by atoms with E-state index in [-0.39, 0.29) is 5.54 Å². The first kappa shape index (κ1) is 20.0. The van der Waals surface area contributed by atoms with Crippen LogP contribution in [0.15, 0.2) is 18.2 Å². The van der Waals surface area contributed by atoms with E-state index in [9.17, 15) is 0 Å². The molecule has 2 nitrogen and oxygen atoms in total. The minimum absolute atomic E-state index is 0.0591. The topological polar surface area (TPSA) is 24.1 Å². The maximum absolute atomic E-state index is 5.63. The predicted molar refractivity (Wildman–Crippen MR) is 108 cm³/mol. The molecule has 0 spiro atoms. The van der Waals surface area contributed by atoms with Crippen LogP contribution in [0.1, 0.15) is 90.7 Å². The largest absolute Gasteiger partial charge is 0.357 e. The van der Waals surface area contributed by atoms with Crippen molar-refractivity contribution in [1.82, 2.24) is 5.32 Å². The highest BCUT2D eigenvalue weighted by Crippen LogP contribution is 2.32. The summed E-state index contributed by atoms with van der Waals surface area (Å²) in [6, 6.07) is 6.55. The van der Waals surface area contributed by atoms with Crippen LogP contribution in [0.25, 0.3) is 0 Å². The standard InChI is InChI=1S/C20H34N2S/c1-8-13-20(7,9-2)22-19(23)21-18-16(14(3)4)11-10-12-17(18)15(5)6/h10-12,14-15H,8-9,13H2,1-7H3,(H2,21,22,23). The van der Waals surface area contributed by atoms with E-state index in [2.05, 4.69) is 77.3 Å². The molecule has 0 radical (unpaired) electrons. The summed E-state index contributed by atoms with van der Waals surface area (Å²) in [5.74, 6) is 0.930.